The van der Waals surface area contributed by atoms with E-state index in [0.717, 1.165) is 39.1 Å². The second-order valence-electron chi connectivity index (χ2n) is 5.50. The molecule has 0 aromatic rings. The van der Waals surface area contributed by atoms with Crippen molar-refractivity contribution in [2.45, 2.75) is 58.5 Å². The van der Waals surface area contributed by atoms with Gasteiger partial charge in [0.25, 0.3) is 0 Å². The minimum Gasteiger partial charge on any atom is -0.381 e. The fraction of sp³-hybridized carbons (Fsp3) is 1.00. The van der Waals surface area contributed by atoms with E-state index in [1.54, 1.807) is 0 Å². The van der Waals surface area contributed by atoms with Crippen LogP contribution in [0.15, 0.2) is 0 Å². The SMILES string of the molecule is CCN(CC)C(C)(CC)C(NN)C1CCCOC1. The topological polar surface area (TPSA) is 50.5 Å². The van der Waals surface area contributed by atoms with E-state index in [2.05, 4.69) is 38.0 Å². The van der Waals surface area contributed by atoms with Crippen LogP contribution >= 0.6 is 0 Å². The van der Waals surface area contributed by atoms with Crippen LogP contribution in [-0.4, -0.2) is 42.8 Å². The van der Waals surface area contributed by atoms with E-state index < -0.39 is 0 Å². The molecule has 3 N–H and O–H groups in total. The molecule has 0 aromatic heterocycles. The number of hydrogen-bond acceptors (Lipinski definition) is 4. The molecule has 18 heavy (non-hydrogen) atoms. The van der Waals surface area contributed by atoms with Gasteiger partial charge >= 0.3 is 0 Å². The Hall–Kier alpha value is -0.160. The van der Waals surface area contributed by atoms with E-state index in [0.29, 0.717) is 12.0 Å². The maximum Gasteiger partial charge on any atom is 0.0510 e. The molecular weight excluding hydrogens is 226 g/mol. The van der Waals surface area contributed by atoms with Crippen molar-refractivity contribution in [2.24, 2.45) is 11.8 Å². The van der Waals surface area contributed by atoms with Crippen molar-refractivity contribution in [1.82, 2.24) is 10.3 Å². The van der Waals surface area contributed by atoms with Gasteiger partial charge in [-0.2, -0.15) is 0 Å². The monoisotopic (exact) mass is 257 g/mol. The first kappa shape index (κ1) is 15.9. The molecule has 1 rings (SSSR count). The average Bonchev–Trinajstić information content (AvgIpc) is 2.42. The molecule has 0 spiro atoms. The van der Waals surface area contributed by atoms with Gasteiger partial charge in [0, 0.05) is 24.1 Å². The Kier molecular flexibility index (Phi) is 6.57. The molecule has 0 amide bonds. The van der Waals surface area contributed by atoms with Gasteiger partial charge in [0.05, 0.1) is 6.61 Å². The van der Waals surface area contributed by atoms with Gasteiger partial charge in [0.2, 0.25) is 0 Å². The molecular formula is C14H31N3O. The predicted octanol–water partition coefficient (Wildman–Crippen LogP) is 1.76. The van der Waals surface area contributed by atoms with Crippen LogP contribution < -0.4 is 11.3 Å². The van der Waals surface area contributed by atoms with E-state index in [1.165, 1.54) is 6.42 Å². The van der Waals surface area contributed by atoms with Crippen LogP contribution in [0, 0.1) is 5.92 Å². The molecule has 4 heteroatoms. The molecule has 0 aliphatic carbocycles. The van der Waals surface area contributed by atoms with Crippen molar-refractivity contribution >= 4 is 0 Å². The van der Waals surface area contributed by atoms with Gasteiger partial charge in [-0.3, -0.25) is 16.2 Å². The Morgan fingerprint density at radius 3 is 2.44 bits per heavy atom. The summed E-state index contributed by atoms with van der Waals surface area (Å²) in [5.74, 6) is 6.40. The zero-order valence-electron chi connectivity index (χ0n) is 12.5. The summed E-state index contributed by atoms with van der Waals surface area (Å²) in [6.45, 7) is 12.9. The van der Waals surface area contributed by atoms with Gasteiger partial charge in [-0.1, -0.05) is 20.8 Å². The van der Waals surface area contributed by atoms with Crippen molar-refractivity contribution in [3.8, 4) is 0 Å². The number of nitrogens with two attached hydrogens (primary N) is 1. The molecule has 108 valence electrons. The van der Waals surface area contributed by atoms with E-state index >= 15 is 0 Å². The zero-order valence-corrected chi connectivity index (χ0v) is 12.5. The molecule has 1 heterocycles. The zero-order chi connectivity index (χ0) is 13.6. The molecule has 1 aliphatic heterocycles. The molecule has 0 bridgehead atoms. The smallest absolute Gasteiger partial charge is 0.0510 e. The van der Waals surface area contributed by atoms with Gasteiger partial charge in [-0.25, -0.2) is 0 Å². The highest BCUT2D eigenvalue weighted by Crippen LogP contribution is 2.31. The number of nitrogens with zero attached hydrogens (tertiary/aromatic N) is 1. The van der Waals surface area contributed by atoms with Crippen LogP contribution in [0.5, 0.6) is 0 Å². The second-order valence-corrected chi connectivity index (χ2v) is 5.50. The van der Waals surface area contributed by atoms with E-state index in [-0.39, 0.29) is 5.54 Å². The summed E-state index contributed by atoms with van der Waals surface area (Å²) in [7, 11) is 0. The van der Waals surface area contributed by atoms with E-state index in [9.17, 15) is 0 Å². The largest absolute Gasteiger partial charge is 0.381 e. The van der Waals surface area contributed by atoms with Crippen LogP contribution in [0.1, 0.15) is 47.0 Å². The van der Waals surface area contributed by atoms with Gasteiger partial charge in [-0.05, 0) is 39.3 Å². The lowest BCUT2D eigenvalue weighted by molar-refractivity contribution is -0.0139. The van der Waals surface area contributed by atoms with Gasteiger partial charge in [-0.15, -0.1) is 0 Å². The van der Waals surface area contributed by atoms with Crippen molar-refractivity contribution in [3.63, 3.8) is 0 Å². The van der Waals surface area contributed by atoms with Crippen molar-refractivity contribution in [1.29, 1.82) is 0 Å². The summed E-state index contributed by atoms with van der Waals surface area (Å²) < 4.78 is 5.64. The Balaban J connectivity index is 2.86. The van der Waals surface area contributed by atoms with Crippen LogP contribution in [0.2, 0.25) is 0 Å². The minimum atomic E-state index is 0.101. The van der Waals surface area contributed by atoms with Crippen LogP contribution in [0.3, 0.4) is 0 Å². The maximum atomic E-state index is 5.88. The van der Waals surface area contributed by atoms with Crippen molar-refractivity contribution in [3.05, 3.63) is 0 Å². The molecule has 0 aromatic carbocycles. The minimum absolute atomic E-state index is 0.101. The first-order valence-electron chi connectivity index (χ1n) is 7.42. The first-order valence-corrected chi connectivity index (χ1v) is 7.42. The van der Waals surface area contributed by atoms with Crippen molar-refractivity contribution in [2.75, 3.05) is 26.3 Å². The molecule has 1 fully saturated rings. The Morgan fingerprint density at radius 1 is 1.39 bits per heavy atom. The number of nitrogens with one attached hydrogen (secondary N) is 1. The van der Waals surface area contributed by atoms with Gasteiger partial charge in [0.15, 0.2) is 0 Å². The molecule has 0 radical (unpaired) electrons. The fourth-order valence-electron chi connectivity index (χ4n) is 3.44. The maximum absolute atomic E-state index is 5.88. The van der Waals surface area contributed by atoms with Crippen molar-refractivity contribution < 1.29 is 4.74 Å². The third-order valence-corrected chi connectivity index (χ3v) is 4.72. The number of hydrogen-bond donors (Lipinski definition) is 2. The Labute approximate surface area is 112 Å². The summed E-state index contributed by atoms with van der Waals surface area (Å²) in [6.07, 6.45) is 3.46. The summed E-state index contributed by atoms with van der Waals surface area (Å²) >= 11 is 0. The Morgan fingerprint density at radius 2 is 2.06 bits per heavy atom. The molecule has 1 aliphatic rings. The van der Waals surface area contributed by atoms with Gasteiger partial charge in [0.1, 0.15) is 0 Å². The first-order chi connectivity index (χ1) is 8.63. The molecule has 0 saturated carbocycles. The lowest BCUT2D eigenvalue weighted by Gasteiger charge is -2.48. The summed E-state index contributed by atoms with van der Waals surface area (Å²) in [6, 6.07) is 0.294. The third-order valence-electron chi connectivity index (χ3n) is 4.72. The van der Waals surface area contributed by atoms with Crippen LogP contribution in [0.25, 0.3) is 0 Å². The molecule has 3 unspecified atom stereocenters. The predicted molar refractivity (Wildman–Crippen MR) is 76.3 cm³/mol. The van der Waals surface area contributed by atoms with Crippen LogP contribution in [0.4, 0.5) is 0 Å². The highest BCUT2D eigenvalue weighted by atomic mass is 16.5. The van der Waals surface area contributed by atoms with Crippen LogP contribution in [-0.2, 0) is 4.74 Å². The lowest BCUT2D eigenvalue weighted by atomic mass is 9.78. The lowest BCUT2D eigenvalue weighted by Crippen LogP contribution is -2.64. The highest BCUT2D eigenvalue weighted by Gasteiger charge is 2.41. The number of rotatable bonds is 7. The standard InChI is InChI=1S/C14H31N3O/c1-5-14(4,17(6-2)7-3)13(16-15)12-9-8-10-18-11-12/h12-13,16H,5-11,15H2,1-4H3. The fourth-order valence-corrected chi connectivity index (χ4v) is 3.44. The third kappa shape index (κ3) is 3.23. The van der Waals surface area contributed by atoms with Gasteiger partial charge < -0.3 is 4.74 Å². The Bertz CT molecular complexity index is 227. The quantitative estimate of drug-likeness (QED) is 0.539. The van der Waals surface area contributed by atoms with E-state index in [4.69, 9.17) is 10.6 Å². The van der Waals surface area contributed by atoms with E-state index in [1.807, 2.05) is 0 Å². The average molecular weight is 257 g/mol. The molecule has 3 atom stereocenters. The molecule has 1 saturated heterocycles. The summed E-state index contributed by atoms with van der Waals surface area (Å²) in [5.41, 5.74) is 3.19. The molecule has 4 nitrogen and oxygen atoms in total. The highest BCUT2D eigenvalue weighted by molar-refractivity contribution is 4.98. The normalized spacial score (nSPS) is 26.0. The second kappa shape index (κ2) is 7.43. The number of likely N-dealkylation sites (N-methyl/N-ethyl adjacent to an activating group) is 1. The summed E-state index contributed by atoms with van der Waals surface area (Å²) in [5, 5.41) is 0. The number of hydrazine groups is 1. The number of ether oxygens (including phenoxy) is 1. The summed E-state index contributed by atoms with van der Waals surface area (Å²) in [4.78, 5) is 2.52.